The molecule has 0 fully saturated rings. The highest BCUT2D eigenvalue weighted by Gasteiger charge is 2.38. The summed E-state index contributed by atoms with van der Waals surface area (Å²) >= 11 is 0. The lowest BCUT2D eigenvalue weighted by Gasteiger charge is -2.40. The van der Waals surface area contributed by atoms with Crippen molar-refractivity contribution in [1.29, 1.82) is 0 Å². The Morgan fingerprint density at radius 2 is 0.800 bits per heavy atom. The molecule has 3 unspecified atom stereocenters. The van der Waals surface area contributed by atoms with Gasteiger partial charge < -0.3 is 20.0 Å². The maximum atomic E-state index is 11.6. The molecule has 0 saturated heterocycles. The standard InChI is InChI=1S/C39H76N4O2/c1-4-6-8-10-12-14-16-17-18-19-20-22-23-25-27-29-36-40-31-33-42(36)38(35(3)44)39(45)43-34-32-41-37(43)30-28-26-24-21-15-13-11-9-7-5-2/h35,38-39,44-45H,4-34H2,1-3H3. The van der Waals surface area contributed by atoms with Crippen LogP contribution in [0.1, 0.15) is 194 Å². The molecule has 0 radical (unpaired) electrons. The molecule has 2 aliphatic rings. The molecule has 0 saturated carbocycles. The van der Waals surface area contributed by atoms with E-state index in [1.54, 1.807) is 0 Å². The second-order valence-electron chi connectivity index (χ2n) is 14.3. The number of aliphatic hydroxyl groups excluding tert-OH is 2. The van der Waals surface area contributed by atoms with Gasteiger partial charge in [0.2, 0.25) is 0 Å². The number of aliphatic imine (C=N–C) groups is 2. The van der Waals surface area contributed by atoms with Crippen LogP contribution in [0.4, 0.5) is 0 Å². The van der Waals surface area contributed by atoms with E-state index in [9.17, 15) is 10.2 Å². The van der Waals surface area contributed by atoms with Gasteiger partial charge in [-0.1, -0.05) is 162 Å². The summed E-state index contributed by atoms with van der Waals surface area (Å²) in [5.74, 6) is 2.12. The first kappa shape index (κ1) is 40.0. The number of nitrogens with zero attached hydrogens (tertiary/aromatic N) is 4. The molecule has 0 aromatic rings. The van der Waals surface area contributed by atoms with Crippen LogP contribution in [0.25, 0.3) is 0 Å². The van der Waals surface area contributed by atoms with Gasteiger partial charge in [-0.2, -0.15) is 0 Å². The van der Waals surface area contributed by atoms with Crippen LogP contribution in [0.5, 0.6) is 0 Å². The van der Waals surface area contributed by atoms with Gasteiger partial charge in [-0.3, -0.25) is 9.98 Å². The smallest absolute Gasteiger partial charge is 0.150 e. The Balaban J connectivity index is 1.60. The van der Waals surface area contributed by atoms with Crippen molar-refractivity contribution < 1.29 is 10.2 Å². The van der Waals surface area contributed by atoms with Crippen LogP contribution in [0.15, 0.2) is 9.98 Å². The van der Waals surface area contributed by atoms with Crippen molar-refractivity contribution >= 4 is 11.7 Å². The Bertz CT molecular complexity index is 755. The largest absolute Gasteiger partial charge is 0.391 e. The quantitative estimate of drug-likeness (QED) is 0.0746. The number of unbranched alkanes of at least 4 members (excludes halogenated alkanes) is 23. The molecular formula is C39H76N4O2. The molecule has 3 atom stereocenters. The zero-order chi connectivity index (χ0) is 32.4. The van der Waals surface area contributed by atoms with Crippen LogP contribution in [-0.2, 0) is 0 Å². The summed E-state index contributed by atoms with van der Waals surface area (Å²) < 4.78 is 0. The minimum Gasteiger partial charge on any atom is -0.391 e. The molecule has 0 amide bonds. The summed E-state index contributed by atoms with van der Waals surface area (Å²) in [7, 11) is 0. The summed E-state index contributed by atoms with van der Waals surface area (Å²) in [4.78, 5) is 13.9. The first-order valence-electron chi connectivity index (χ1n) is 20.1. The third-order valence-corrected chi connectivity index (χ3v) is 10.2. The fourth-order valence-electron chi connectivity index (χ4n) is 7.34. The molecule has 0 aliphatic carbocycles. The molecule has 2 N–H and O–H groups in total. The molecule has 2 rings (SSSR count). The Hall–Kier alpha value is -1.14. The Kier molecular flexibility index (Phi) is 23.9. The topological polar surface area (TPSA) is 71.7 Å². The van der Waals surface area contributed by atoms with E-state index >= 15 is 0 Å². The van der Waals surface area contributed by atoms with Crippen molar-refractivity contribution in [3.63, 3.8) is 0 Å². The highest BCUT2D eigenvalue weighted by molar-refractivity contribution is 5.85. The summed E-state index contributed by atoms with van der Waals surface area (Å²) in [6.07, 6.45) is 34.3. The van der Waals surface area contributed by atoms with Gasteiger partial charge in [0.25, 0.3) is 0 Å². The lowest BCUT2D eigenvalue weighted by Crippen LogP contribution is -2.58. The zero-order valence-electron chi connectivity index (χ0n) is 30.3. The number of amidine groups is 2. The third-order valence-electron chi connectivity index (χ3n) is 10.2. The molecule has 2 heterocycles. The molecule has 0 spiro atoms. The third kappa shape index (κ3) is 17.5. The minimum atomic E-state index is -0.751. The Morgan fingerprint density at radius 1 is 0.489 bits per heavy atom. The van der Waals surface area contributed by atoms with E-state index < -0.39 is 12.3 Å². The van der Waals surface area contributed by atoms with Crippen LogP contribution < -0.4 is 0 Å². The summed E-state index contributed by atoms with van der Waals surface area (Å²) in [6.45, 7) is 9.45. The van der Waals surface area contributed by atoms with Gasteiger partial charge in [-0.05, 0) is 19.8 Å². The maximum absolute atomic E-state index is 11.6. The maximum Gasteiger partial charge on any atom is 0.150 e. The summed E-state index contributed by atoms with van der Waals surface area (Å²) in [5, 5.41) is 22.4. The van der Waals surface area contributed by atoms with Crippen LogP contribution in [0, 0.1) is 0 Å². The molecule has 45 heavy (non-hydrogen) atoms. The minimum absolute atomic E-state index is 0.362. The summed E-state index contributed by atoms with van der Waals surface area (Å²) in [5.41, 5.74) is 0. The monoisotopic (exact) mass is 633 g/mol. The zero-order valence-corrected chi connectivity index (χ0v) is 30.3. The number of hydrogen-bond donors (Lipinski definition) is 2. The van der Waals surface area contributed by atoms with Gasteiger partial charge in [-0.15, -0.1) is 0 Å². The van der Waals surface area contributed by atoms with Crippen LogP contribution in [0.3, 0.4) is 0 Å². The predicted octanol–water partition coefficient (Wildman–Crippen LogP) is 10.1. The van der Waals surface area contributed by atoms with Gasteiger partial charge in [0.15, 0.2) is 6.23 Å². The number of aliphatic hydroxyl groups is 2. The lowest BCUT2D eigenvalue weighted by molar-refractivity contribution is -0.0487. The van der Waals surface area contributed by atoms with Crippen molar-refractivity contribution in [1.82, 2.24) is 9.80 Å². The normalized spacial score (nSPS) is 17.2. The second kappa shape index (κ2) is 26.9. The molecule has 0 aromatic carbocycles. The fraction of sp³-hybridized carbons (Fsp3) is 0.949. The van der Waals surface area contributed by atoms with Gasteiger partial charge in [0.05, 0.1) is 25.0 Å². The average molecular weight is 633 g/mol. The van der Waals surface area contributed by atoms with Crippen LogP contribution in [0.2, 0.25) is 0 Å². The first-order chi connectivity index (χ1) is 22.1. The van der Waals surface area contributed by atoms with Crippen molar-refractivity contribution in [3.8, 4) is 0 Å². The fourth-order valence-corrected chi connectivity index (χ4v) is 7.34. The van der Waals surface area contributed by atoms with Gasteiger partial charge >= 0.3 is 0 Å². The second-order valence-corrected chi connectivity index (χ2v) is 14.3. The van der Waals surface area contributed by atoms with Crippen LogP contribution in [-0.4, -0.2) is 76.2 Å². The van der Waals surface area contributed by atoms with Gasteiger partial charge in [0.1, 0.15) is 11.9 Å². The van der Waals surface area contributed by atoms with E-state index in [-0.39, 0.29) is 6.04 Å². The SMILES string of the molecule is CCCCCCCCCCCCCCCCCC1=NCCN1C(C(C)O)C(O)N1CCN=C1CCCCCCCCCCCC. The van der Waals surface area contributed by atoms with Gasteiger partial charge in [0, 0.05) is 25.9 Å². The molecule has 2 aliphatic heterocycles. The van der Waals surface area contributed by atoms with Gasteiger partial charge in [-0.25, -0.2) is 0 Å². The molecular weight excluding hydrogens is 556 g/mol. The van der Waals surface area contributed by atoms with Crippen molar-refractivity contribution in [2.75, 3.05) is 26.2 Å². The Morgan fingerprint density at radius 3 is 1.16 bits per heavy atom. The summed E-state index contributed by atoms with van der Waals surface area (Å²) in [6, 6.07) is -0.362. The van der Waals surface area contributed by atoms with Crippen molar-refractivity contribution in [2.24, 2.45) is 9.98 Å². The van der Waals surface area contributed by atoms with Crippen molar-refractivity contribution in [2.45, 2.75) is 213 Å². The molecule has 0 bridgehead atoms. The molecule has 264 valence electrons. The lowest BCUT2D eigenvalue weighted by atomic mass is 10.0. The van der Waals surface area contributed by atoms with E-state index in [0.29, 0.717) is 0 Å². The molecule has 0 aromatic heterocycles. The highest BCUT2D eigenvalue weighted by Crippen LogP contribution is 2.24. The average Bonchev–Trinajstić information content (AvgIpc) is 3.70. The van der Waals surface area contributed by atoms with E-state index in [0.717, 1.165) is 63.5 Å². The number of hydrogen-bond acceptors (Lipinski definition) is 6. The molecule has 6 heteroatoms. The Labute approximate surface area is 279 Å². The molecule has 6 nitrogen and oxygen atoms in total. The van der Waals surface area contributed by atoms with E-state index in [4.69, 9.17) is 9.98 Å². The highest BCUT2D eigenvalue weighted by atomic mass is 16.3. The van der Waals surface area contributed by atoms with E-state index in [2.05, 4.69) is 23.6 Å². The first-order valence-corrected chi connectivity index (χ1v) is 20.1. The predicted molar refractivity (Wildman–Crippen MR) is 195 cm³/mol. The van der Waals surface area contributed by atoms with Crippen molar-refractivity contribution in [3.05, 3.63) is 0 Å². The van der Waals surface area contributed by atoms with E-state index in [1.807, 2.05) is 6.92 Å². The van der Waals surface area contributed by atoms with Crippen LogP contribution >= 0.6 is 0 Å². The number of rotatable bonds is 31. The van der Waals surface area contributed by atoms with E-state index in [1.165, 1.54) is 148 Å².